The molecule has 1 atom stereocenters. The van der Waals surface area contributed by atoms with Crippen molar-refractivity contribution in [2.45, 2.75) is 277 Å². The fourth-order valence-corrected chi connectivity index (χ4v) is 7.66. The number of rotatable bonds is 49. The molecule has 0 aromatic carbocycles. The second kappa shape index (κ2) is 52.7. The molecule has 0 radical (unpaired) electrons. The fraction of sp³-hybridized carbons (Fsp3) is 0.776. The molecule has 64 heavy (non-hydrogen) atoms. The largest absolute Gasteiger partial charge is 0.462 e. The molecular formula is C58H102O6. The van der Waals surface area contributed by atoms with Gasteiger partial charge >= 0.3 is 17.9 Å². The number of carbonyl (C=O) groups is 3. The second-order valence-corrected chi connectivity index (χ2v) is 18.1. The van der Waals surface area contributed by atoms with Crippen molar-refractivity contribution >= 4 is 17.9 Å². The van der Waals surface area contributed by atoms with Crippen molar-refractivity contribution in [3.63, 3.8) is 0 Å². The van der Waals surface area contributed by atoms with E-state index in [0.717, 1.165) is 96.3 Å². The number of carbonyl (C=O) groups excluding carboxylic acids is 3. The van der Waals surface area contributed by atoms with Gasteiger partial charge in [0.1, 0.15) is 13.2 Å². The molecule has 0 fully saturated rings. The lowest BCUT2D eigenvalue weighted by Gasteiger charge is -2.18. The van der Waals surface area contributed by atoms with Gasteiger partial charge in [-0.2, -0.15) is 0 Å². The molecular weight excluding hydrogens is 793 g/mol. The maximum atomic E-state index is 12.8. The molecule has 0 aliphatic heterocycles. The summed E-state index contributed by atoms with van der Waals surface area (Å²) in [6.45, 7) is 6.50. The third kappa shape index (κ3) is 50.1. The first kappa shape index (κ1) is 61.1. The molecule has 0 aromatic heterocycles. The summed E-state index contributed by atoms with van der Waals surface area (Å²) in [7, 11) is 0. The molecule has 0 saturated heterocycles. The molecule has 6 heteroatoms. The van der Waals surface area contributed by atoms with Crippen molar-refractivity contribution in [3.05, 3.63) is 60.8 Å². The van der Waals surface area contributed by atoms with Crippen LogP contribution in [0.3, 0.4) is 0 Å². The van der Waals surface area contributed by atoms with Crippen molar-refractivity contribution in [2.75, 3.05) is 13.2 Å². The Morgan fingerprint density at radius 2 is 0.609 bits per heavy atom. The third-order valence-electron chi connectivity index (χ3n) is 11.8. The minimum atomic E-state index is -0.776. The maximum absolute atomic E-state index is 12.8. The zero-order valence-corrected chi connectivity index (χ0v) is 42.3. The van der Waals surface area contributed by atoms with Crippen LogP contribution in [-0.2, 0) is 28.6 Å². The van der Waals surface area contributed by atoms with Gasteiger partial charge in [0.2, 0.25) is 0 Å². The van der Waals surface area contributed by atoms with E-state index < -0.39 is 6.10 Å². The number of hydrogen-bond donors (Lipinski definition) is 0. The van der Waals surface area contributed by atoms with Gasteiger partial charge in [0.25, 0.3) is 0 Å². The van der Waals surface area contributed by atoms with Crippen molar-refractivity contribution in [1.82, 2.24) is 0 Å². The lowest BCUT2D eigenvalue weighted by molar-refractivity contribution is -0.167. The van der Waals surface area contributed by atoms with Gasteiger partial charge < -0.3 is 14.2 Å². The van der Waals surface area contributed by atoms with Gasteiger partial charge in [0.15, 0.2) is 6.10 Å². The predicted octanol–water partition coefficient (Wildman–Crippen LogP) is 18.0. The summed E-state index contributed by atoms with van der Waals surface area (Å²) in [5, 5.41) is 0. The highest BCUT2D eigenvalue weighted by Gasteiger charge is 2.19. The van der Waals surface area contributed by atoms with Crippen LogP contribution in [0.25, 0.3) is 0 Å². The van der Waals surface area contributed by atoms with Gasteiger partial charge in [-0.25, -0.2) is 0 Å². The van der Waals surface area contributed by atoms with Crippen LogP contribution in [0.15, 0.2) is 60.8 Å². The standard InChI is InChI=1S/C58H102O6/c1-4-7-10-13-16-19-22-24-25-26-27-28-29-30-31-32-33-34-37-39-42-45-48-51-57(60)63-54-55(53-62-56(59)50-47-44-41-38-35-21-18-15-12-9-6-3)64-58(61)52-49-46-43-40-36-23-20-17-14-11-8-5-2/h7,10,16-17,19-20,24-25,27-28,55H,4-6,8-9,11-15,18,21-23,26,29-54H2,1-3H3/b10-7-,19-16-,20-17-,25-24-,28-27-. The number of hydrogen-bond acceptors (Lipinski definition) is 6. The zero-order chi connectivity index (χ0) is 46.5. The average Bonchev–Trinajstić information content (AvgIpc) is 3.29. The molecule has 1 unspecified atom stereocenters. The van der Waals surface area contributed by atoms with Crippen molar-refractivity contribution in [3.8, 4) is 0 Å². The molecule has 0 amide bonds. The zero-order valence-electron chi connectivity index (χ0n) is 42.3. The summed E-state index contributed by atoms with van der Waals surface area (Å²) < 4.78 is 16.8. The van der Waals surface area contributed by atoms with Crippen LogP contribution in [-0.4, -0.2) is 37.2 Å². The normalized spacial score (nSPS) is 12.5. The Morgan fingerprint density at radius 3 is 1.00 bits per heavy atom. The smallest absolute Gasteiger partial charge is 0.306 e. The number of esters is 3. The first-order valence-electron chi connectivity index (χ1n) is 27.3. The van der Waals surface area contributed by atoms with Crippen LogP contribution in [0.5, 0.6) is 0 Å². The molecule has 0 spiro atoms. The van der Waals surface area contributed by atoms with Crippen LogP contribution in [0, 0.1) is 0 Å². The lowest BCUT2D eigenvalue weighted by Crippen LogP contribution is -2.30. The molecule has 0 bridgehead atoms. The molecule has 370 valence electrons. The molecule has 0 aliphatic carbocycles. The summed E-state index contributed by atoms with van der Waals surface area (Å²) in [4.78, 5) is 38.0. The van der Waals surface area contributed by atoms with E-state index in [1.807, 2.05) is 0 Å². The first-order valence-corrected chi connectivity index (χ1v) is 27.3. The Hall–Kier alpha value is -2.89. The Bertz CT molecular complexity index is 1170. The van der Waals surface area contributed by atoms with Crippen LogP contribution in [0.4, 0.5) is 0 Å². The van der Waals surface area contributed by atoms with E-state index in [0.29, 0.717) is 19.3 Å². The second-order valence-electron chi connectivity index (χ2n) is 18.1. The number of ether oxygens (including phenoxy) is 3. The molecule has 0 aromatic rings. The summed E-state index contributed by atoms with van der Waals surface area (Å²) in [6.07, 6.45) is 65.0. The molecule has 0 rings (SSSR count). The minimum absolute atomic E-state index is 0.0763. The molecule has 6 nitrogen and oxygen atoms in total. The monoisotopic (exact) mass is 895 g/mol. The van der Waals surface area contributed by atoms with Gasteiger partial charge in [-0.05, 0) is 83.5 Å². The molecule has 0 heterocycles. The number of unbranched alkanes of at least 4 members (excludes halogenated alkanes) is 28. The molecule has 0 saturated carbocycles. The first-order chi connectivity index (χ1) is 31.5. The van der Waals surface area contributed by atoms with E-state index in [-0.39, 0.29) is 31.1 Å². The van der Waals surface area contributed by atoms with Crippen LogP contribution in [0.1, 0.15) is 271 Å². The van der Waals surface area contributed by atoms with Gasteiger partial charge in [-0.3, -0.25) is 14.4 Å². The Balaban J connectivity index is 4.26. The van der Waals surface area contributed by atoms with Crippen molar-refractivity contribution in [2.24, 2.45) is 0 Å². The Kier molecular flexibility index (Phi) is 50.4. The average molecular weight is 895 g/mol. The lowest BCUT2D eigenvalue weighted by atomic mass is 10.1. The predicted molar refractivity (Wildman–Crippen MR) is 275 cm³/mol. The van der Waals surface area contributed by atoms with E-state index in [2.05, 4.69) is 81.5 Å². The maximum Gasteiger partial charge on any atom is 0.306 e. The highest BCUT2D eigenvalue weighted by Crippen LogP contribution is 2.15. The van der Waals surface area contributed by atoms with E-state index in [1.165, 1.54) is 135 Å². The summed E-state index contributed by atoms with van der Waals surface area (Å²) in [5.74, 6) is -0.884. The summed E-state index contributed by atoms with van der Waals surface area (Å²) in [6, 6.07) is 0. The van der Waals surface area contributed by atoms with Crippen LogP contribution < -0.4 is 0 Å². The van der Waals surface area contributed by atoms with E-state index in [1.54, 1.807) is 0 Å². The van der Waals surface area contributed by atoms with E-state index in [9.17, 15) is 14.4 Å². The SMILES string of the molecule is CC/C=C\C/C=C\C/C=C\C/C=C\CCCCCCCCCCCCC(=O)OCC(COC(=O)CCCCCCCCCCCCC)OC(=O)CCCCCCC/C=C\CCCCC. The molecule has 0 N–H and O–H groups in total. The van der Waals surface area contributed by atoms with Crippen molar-refractivity contribution < 1.29 is 28.6 Å². The van der Waals surface area contributed by atoms with Crippen LogP contribution in [0.2, 0.25) is 0 Å². The Morgan fingerprint density at radius 1 is 0.328 bits per heavy atom. The summed E-state index contributed by atoms with van der Waals surface area (Å²) in [5.41, 5.74) is 0. The minimum Gasteiger partial charge on any atom is -0.462 e. The van der Waals surface area contributed by atoms with Crippen LogP contribution >= 0.6 is 0 Å². The highest BCUT2D eigenvalue weighted by molar-refractivity contribution is 5.71. The van der Waals surface area contributed by atoms with Crippen molar-refractivity contribution in [1.29, 1.82) is 0 Å². The van der Waals surface area contributed by atoms with Gasteiger partial charge in [0.05, 0.1) is 0 Å². The number of allylic oxidation sites excluding steroid dienone is 10. The summed E-state index contributed by atoms with van der Waals surface area (Å²) >= 11 is 0. The van der Waals surface area contributed by atoms with Gasteiger partial charge in [-0.15, -0.1) is 0 Å². The van der Waals surface area contributed by atoms with E-state index in [4.69, 9.17) is 14.2 Å². The molecule has 0 aliphatic rings. The highest BCUT2D eigenvalue weighted by atomic mass is 16.6. The van der Waals surface area contributed by atoms with Gasteiger partial charge in [0, 0.05) is 19.3 Å². The van der Waals surface area contributed by atoms with E-state index >= 15 is 0 Å². The quantitative estimate of drug-likeness (QED) is 0.0262. The fourth-order valence-electron chi connectivity index (χ4n) is 7.66. The third-order valence-corrected chi connectivity index (χ3v) is 11.8. The Labute approximate surface area is 396 Å². The van der Waals surface area contributed by atoms with Gasteiger partial charge in [-0.1, -0.05) is 229 Å². The topological polar surface area (TPSA) is 78.9 Å².